The van der Waals surface area contributed by atoms with Crippen molar-refractivity contribution in [2.75, 3.05) is 25.7 Å². The Kier molecular flexibility index (Phi) is 2.58. The normalized spacial score (nSPS) is 39.5. The van der Waals surface area contributed by atoms with E-state index < -0.39 is 0 Å². The minimum atomic E-state index is -0.280. The molecule has 3 heterocycles. The number of fused-ring (bicyclic) bond motifs is 1. The van der Waals surface area contributed by atoms with Gasteiger partial charge in [0.2, 0.25) is 5.91 Å². The highest BCUT2D eigenvalue weighted by Gasteiger charge is 2.87. The van der Waals surface area contributed by atoms with E-state index in [9.17, 15) is 9.59 Å². The van der Waals surface area contributed by atoms with Crippen LogP contribution in [-0.2, 0) is 14.9 Å². The molecule has 3 fully saturated rings. The maximum atomic E-state index is 12.8. The van der Waals surface area contributed by atoms with Gasteiger partial charge in [0, 0.05) is 18.0 Å². The number of hydrogen-bond donors (Lipinski definition) is 0. The first kappa shape index (κ1) is 15.5. The van der Waals surface area contributed by atoms with Gasteiger partial charge in [-0.25, -0.2) is 4.79 Å². The third kappa shape index (κ3) is 1.42. The molecular weight excluding hydrogens is 344 g/mol. The van der Waals surface area contributed by atoms with Crippen molar-refractivity contribution in [2.24, 2.45) is 5.92 Å². The van der Waals surface area contributed by atoms with E-state index in [1.54, 1.807) is 13.2 Å². The zero-order valence-corrected chi connectivity index (χ0v) is 15.5. The van der Waals surface area contributed by atoms with Crippen LogP contribution in [0.3, 0.4) is 0 Å². The van der Waals surface area contributed by atoms with E-state index in [4.69, 9.17) is 9.47 Å². The number of ether oxygens (including phenoxy) is 2. The second-order valence-corrected chi connectivity index (χ2v) is 8.52. The van der Waals surface area contributed by atoms with Crippen molar-refractivity contribution in [3.63, 3.8) is 0 Å². The number of methoxy groups -OCH3 is 2. The summed E-state index contributed by atoms with van der Waals surface area (Å²) in [5.74, 6) is 1.29. The van der Waals surface area contributed by atoms with Gasteiger partial charge in [0.05, 0.1) is 31.0 Å². The van der Waals surface area contributed by atoms with Gasteiger partial charge in [0.25, 0.3) is 0 Å². The Morgan fingerprint density at radius 1 is 1.22 bits per heavy atom. The van der Waals surface area contributed by atoms with Gasteiger partial charge in [-0.15, -0.1) is 0 Å². The average molecular weight is 366 g/mol. The fourth-order valence-electron chi connectivity index (χ4n) is 7.09. The molecule has 1 aromatic rings. The fraction of sp³-hybridized carbons (Fsp3) is 0.524. The lowest BCUT2D eigenvalue weighted by atomic mass is 9.78. The van der Waals surface area contributed by atoms with Crippen molar-refractivity contribution < 1.29 is 19.1 Å². The number of carbonyl (C=O) groups excluding carboxylic acids is 2. The van der Waals surface area contributed by atoms with Crippen LogP contribution in [0.1, 0.15) is 31.2 Å². The third-order valence-corrected chi connectivity index (χ3v) is 8.11. The number of anilines is 1. The molecule has 6 rings (SSSR count). The van der Waals surface area contributed by atoms with Gasteiger partial charge in [-0.05, 0) is 55.4 Å². The molecule has 0 radical (unpaired) electrons. The van der Waals surface area contributed by atoms with Crippen LogP contribution >= 0.6 is 0 Å². The van der Waals surface area contributed by atoms with E-state index in [1.165, 1.54) is 12.7 Å². The summed E-state index contributed by atoms with van der Waals surface area (Å²) in [6.07, 6.45) is 7.15. The Hall–Kier alpha value is -2.50. The summed E-state index contributed by atoms with van der Waals surface area (Å²) in [6.45, 7) is 0.732. The molecule has 3 spiro atoms. The molecule has 2 saturated carbocycles. The van der Waals surface area contributed by atoms with E-state index in [-0.39, 0.29) is 28.5 Å². The Labute approximate surface area is 157 Å². The summed E-state index contributed by atoms with van der Waals surface area (Å²) in [6, 6.07) is 5.99. The van der Waals surface area contributed by atoms with Crippen molar-refractivity contribution in [1.29, 1.82) is 0 Å². The molecule has 2 aliphatic carbocycles. The Balaban J connectivity index is 1.56. The molecule has 0 unspecified atom stereocenters. The average Bonchev–Trinajstić information content (AvgIpc) is 3.09. The largest absolute Gasteiger partial charge is 0.497 e. The summed E-state index contributed by atoms with van der Waals surface area (Å²) < 4.78 is 10.7. The number of nitrogens with zero attached hydrogens (tertiary/aromatic N) is 2. The van der Waals surface area contributed by atoms with E-state index in [2.05, 4.69) is 17.0 Å². The lowest BCUT2D eigenvalue weighted by Gasteiger charge is -2.45. The first-order valence-electron chi connectivity index (χ1n) is 9.62. The van der Waals surface area contributed by atoms with Gasteiger partial charge in [0.15, 0.2) is 0 Å². The zero-order valence-electron chi connectivity index (χ0n) is 15.5. The van der Waals surface area contributed by atoms with Crippen molar-refractivity contribution in [2.45, 2.75) is 42.2 Å². The molecule has 6 heteroatoms. The highest BCUT2D eigenvalue weighted by atomic mass is 16.5. The van der Waals surface area contributed by atoms with Crippen molar-refractivity contribution in [3.8, 4) is 5.75 Å². The van der Waals surface area contributed by atoms with Crippen LogP contribution in [-0.4, -0.2) is 48.7 Å². The predicted molar refractivity (Wildman–Crippen MR) is 97.8 cm³/mol. The maximum absolute atomic E-state index is 12.8. The molecule has 2 amide bonds. The first-order valence-corrected chi connectivity index (χ1v) is 9.62. The molecule has 5 aliphatic rings. The van der Waals surface area contributed by atoms with Gasteiger partial charge in [-0.1, -0.05) is 6.08 Å². The molecule has 0 aromatic heterocycles. The molecule has 27 heavy (non-hydrogen) atoms. The summed E-state index contributed by atoms with van der Waals surface area (Å²) in [5, 5.41) is 0. The smallest absolute Gasteiger partial charge is 0.414 e. The lowest BCUT2D eigenvalue weighted by molar-refractivity contribution is -0.129. The van der Waals surface area contributed by atoms with Crippen LogP contribution in [0.2, 0.25) is 0 Å². The minimum Gasteiger partial charge on any atom is -0.497 e. The Morgan fingerprint density at radius 3 is 2.85 bits per heavy atom. The van der Waals surface area contributed by atoms with Gasteiger partial charge in [-0.3, -0.25) is 9.69 Å². The number of rotatable bonds is 1. The number of amides is 2. The monoisotopic (exact) mass is 366 g/mol. The molecule has 1 saturated heterocycles. The number of benzene rings is 1. The lowest BCUT2D eigenvalue weighted by Crippen LogP contribution is -2.55. The van der Waals surface area contributed by atoms with Crippen molar-refractivity contribution in [3.05, 3.63) is 35.9 Å². The highest BCUT2D eigenvalue weighted by Crippen LogP contribution is 2.81. The SMILES string of the molecule is COC(=O)N1c2ccc(OC)cc2[C@]23CCN4C(=O)C=C[C@]45CC[C@]12[C@@H]3C5. The van der Waals surface area contributed by atoms with E-state index in [1.807, 2.05) is 17.0 Å². The molecule has 140 valence electrons. The second-order valence-electron chi connectivity index (χ2n) is 8.52. The Bertz CT molecular complexity index is 942. The molecule has 3 aliphatic heterocycles. The zero-order chi connectivity index (χ0) is 18.6. The van der Waals surface area contributed by atoms with E-state index in [0.717, 1.165) is 43.7 Å². The van der Waals surface area contributed by atoms with Crippen molar-refractivity contribution in [1.82, 2.24) is 4.90 Å². The van der Waals surface area contributed by atoms with Gasteiger partial charge in [-0.2, -0.15) is 0 Å². The predicted octanol–water partition coefficient (Wildman–Crippen LogP) is 2.61. The van der Waals surface area contributed by atoms with E-state index in [0.29, 0.717) is 5.92 Å². The number of hydrogen-bond acceptors (Lipinski definition) is 4. The topological polar surface area (TPSA) is 59.1 Å². The summed E-state index contributed by atoms with van der Waals surface area (Å²) in [5.41, 5.74) is 1.64. The number of carbonyl (C=O) groups is 2. The Morgan fingerprint density at radius 2 is 2.07 bits per heavy atom. The summed E-state index contributed by atoms with van der Waals surface area (Å²) in [4.78, 5) is 29.3. The van der Waals surface area contributed by atoms with Crippen molar-refractivity contribution >= 4 is 17.7 Å². The fourth-order valence-corrected chi connectivity index (χ4v) is 7.09. The quantitative estimate of drug-likeness (QED) is 0.767. The first-order chi connectivity index (χ1) is 13.0. The molecule has 2 bridgehead atoms. The van der Waals surface area contributed by atoms with Gasteiger partial charge in [0.1, 0.15) is 5.75 Å². The molecule has 4 atom stereocenters. The second kappa shape index (κ2) is 4.49. The maximum Gasteiger partial charge on any atom is 0.414 e. The third-order valence-electron chi connectivity index (χ3n) is 8.11. The molecular formula is C21H22N2O4. The van der Waals surface area contributed by atoms with Crippen LogP contribution < -0.4 is 9.64 Å². The van der Waals surface area contributed by atoms with Crippen LogP contribution in [0.25, 0.3) is 0 Å². The summed E-state index contributed by atoms with van der Waals surface area (Å²) in [7, 11) is 3.12. The van der Waals surface area contributed by atoms with Crippen LogP contribution in [0.15, 0.2) is 30.4 Å². The van der Waals surface area contributed by atoms with Gasteiger partial charge < -0.3 is 14.4 Å². The highest BCUT2D eigenvalue weighted by molar-refractivity contribution is 5.98. The van der Waals surface area contributed by atoms with Crippen LogP contribution in [0.4, 0.5) is 10.5 Å². The minimum absolute atomic E-state index is 0.104. The summed E-state index contributed by atoms with van der Waals surface area (Å²) >= 11 is 0. The van der Waals surface area contributed by atoms with E-state index >= 15 is 0 Å². The van der Waals surface area contributed by atoms with Gasteiger partial charge >= 0.3 is 6.09 Å². The molecule has 0 N–H and O–H groups in total. The molecule has 6 nitrogen and oxygen atoms in total. The standard InChI is InChI=1S/C21H22N2O4/c1-26-13-3-4-15-14(11-13)20-9-10-22-17(24)5-6-19(22)7-8-21(20,16(20)12-19)23(15)18(25)27-2/h3-6,11,16H,7-10,12H2,1-2H3/t16-,19-,20+,21-/m1/s1. The van der Waals surface area contributed by atoms with Crippen LogP contribution in [0.5, 0.6) is 5.75 Å². The molecule has 1 aromatic carbocycles. The van der Waals surface area contributed by atoms with Crippen LogP contribution in [0, 0.1) is 5.92 Å².